The van der Waals surface area contributed by atoms with E-state index < -0.39 is 0 Å². The molecule has 2 saturated carbocycles. The van der Waals surface area contributed by atoms with Gasteiger partial charge in [0.05, 0.1) is 0 Å². The van der Waals surface area contributed by atoms with E-state index in [1.807, 2.05) is 0 Å². The molecule has 2 atom stereocenters. The molecule has 0 amide bonds. The first-order valence-corrected chi connectivity index (χ1v) is 7.57. The van der Waals surface area contributed by atoms with E-state index in [0.29, 0.717) is 0 Å². The number of hydrogen-bond donors (Lipinski definition) is 1. The van der Waals surface area contributed by atoms with E-state index in [4.69, 9.17) is 0 Å². The predicted octanol–water partition coefficient (Wildman–Crippen LogP) is 4.13. The lowest BCUT2D eigenvalue weighted by atomic mass is 9.80. The Morgan fingerprint density at radius 2 is 1.25 bits per heavy atom. The summed E-state index contributed by atoms with van der Waals surface area (Å²) in [7, 11) is 2.15. The summed E-state index contributed by atoms with van der Waals surface area (Å²) in [6.45, 7) is 0. The maximum Gasteiger partial charge on any atom is 0.00668 e. The Bertz CT molecular complexity index is 182. The monoisotopic (exact) mass is 223 g/mol. The second kappa shape index (κ2) is 6.64. The molecule has 2 fully saturated rings. The van der Waals surface area contributed by atoms with Gasteiger partial charge in [0, 0.05) is 6.04 Å². The van der Waals surface area contributed by atoms with Gasteiger partial charge in [-0.3, -0.25) is 0 Å². The Hall–Kier alpha value is -0.0400. The molecule has 0 radical (unpaired) electrons. The van der Waals surface area contributed by atoms with Crippen LogP contribution < -0.4 is 5.32 Å². The molecule has 2 unspecified atom stereocenters. The zero-order chi connectivity index (χ0) is 11.2. The fraction of sp³-hybridized carbons (Fsp3) is 1.00. The molecule has 0 aliphatic heterocycles. The molecular formula is C15H29N. The highest BCUT2D eigenvalue weighted by molar-refractivity contribution is 4.80. The van der Waals surface area contributed by atoms with E-state index in [0.717, 1.165) is 17.9 Å². The fourth-order valence-electron chi connectivity index (χ4n) is 3.87. The van der Waals surface area contributed by atoms with Gasteiger partial charge in [0.1, 0.15) is 0 Å². The van der Waals surface area contributed by atoms with Gasteiger partial charge < -0.3 is 5.32 Å². The molecule has 0 heterocycles. The number of nitrogens with one attached hydrogen (secondary N) is 1. The van der Waals surface area contributed by atoms with Crippen molar-refractivity contribution in [2.75, 3.05) is 7.05 Å². The van der Waals surface area contributed by atoms with Crippen LogP contribution in [0.15, 0.2) is 0 Å². The molecule has 1 N–H and O–H groups in total. The van der Waals surface area contributed by atoms with Gasteiger partial charge in [0.25, 0.3) is 0 Å². The standard InChI is InChI=1S/C15H29N/c1-16-15-11-7-6-10-14(12-15)13-8-4-2-3-5-9-13/h13-16H,2-12H2,1H3. The molecule has 0 aromatic heterocycles. The van der Waals surface area contributed by atoms with E-state index >= 15 is 0 Å². The lowest BCUT2D eigenvalue weighted by Crippen LogP contribution is -2.28. The minimum absolute atomic E-state index is 0.816. The van der Waals surface area contributed by atoms with Crippen LogP contribution in [-0.4, -0.2) is 13.1 Å². The van der Waals surface area contributed by atoms with Crippen molar-refractivity contribution in [1.82, 2.24) is 5.32 Å². The molecule has 2 rings (SSSR count). The van der Waals surface area contributed by atoms with Gasteiger partial charge in [-0.1, -0.05) is 57.8 Å². The third kappa shape index (κ3) is 3.48. The van der Waals surface area contributed by atoms with E-state index in [-0.39, 0.29) is 0 Å². The van der Waals surface area contributed by atoms with Crippen molar-refractivity contribution >= 4 is 0 Å². The minimum atomic E-state index is 0.816. The summed E-state index contributed by atoms with van der Waals surface area (Å²) in [5.41, 5.74) is 0. The zero-order valence-electron chi connectivity index (χ0n) is 11.0. The molecule has 0 spiro atoms. The van der Waals surface area contributed by atoms with Crippen LogP contribution >= 0.6 is 0 Å². The van der Waals surface area contributed by atoms with Crippen LogP contribution in [0.25, 0.3) is 0 Å². The van der Waals surface area contributed by atoms with Gasteiger partial charge in [0.15, 0.2) is 0 Å². The third-order valence-electron chi connectivity index (χ3n) is 4.94. The molecule has 0 bridgehead atoms. The summed E-state index contributed by atoms with van der Waals surface area (Å²) in [5.74, 6) is 2.11. The van der Waals surface area contributed by atoms with E-state index in [1.54, 1.807) is 0 Å². The first kappa shape index (κ1) is 12.4. The quantitative estimate of drug-likeness (QED) is 0.694. The van der Waals surface area contributed by atoms with Gasteiger partial charge in [-0.05, 0) is 31.7 Å². The molecule has 1 nitrogen and oxygen atoms in total. The van der Waals surface area contributed by atoms with Crippen LogP contribution in [0.4, 0.5) is 0 Å². The van der Waals surface area contributed by atoms with E-state index in [1.165, 1.54) is 70.6 Å². The van der Waals surface area contributed by atoms with Crippen molar-refractivity contribution < 1.29 is 0 Å². The molecule has 0 aromatic carbocycles. The maximum atomic E-state index is 3.53. The Morgan fingerprint density at radius 1 is 0.688 bits per heavy atom. The summed E-state index contributed by atoms with van der Waals surface area (Å²) in [5, 5.41) is 3.53. The lowest BCUT2D eigenvalue weighted by Gasteiger charge is -2.27. The average Bonchev–Trinajstić information content (AvgIpc) is 2.71. The molecule has 2 aliphatic carbocycles. The highest BCUT2D eigenvalue weighted by Gasteiger charge is 2.26. The Balaban J connectivity index is 1.89. The molecule has 2 aliphatic rings. The topological polar surface area (TPSA) is 12.0 Å². The van der Waals surface area contributed by atoms with Crippen molar-refractivity contribution in [3.05, 3.63) is 0 Å². The highest BCUT2D eigenvalue weighted by Crippen LogP contribution is 2.36. The summed E-state index contributed by atoms with van der Waals surface area (Å²) < 4.78 is 0. The van der Waals surface area contributed by atoms with Crippen molar-refractivity contribution in [3.63, 3.8) is 0 Å². The summed E-state index contributed by atoms with van der Waals surface area (Å²) in [4.78, 5) is 0. The maximum absolute atomic E-state index is 3.53. The van der Waals surface area contributed by atoms with Crippen molar-refractivity contribution in [1.29, 1.82) is 0 Å². The Kier molecular flexibility index (Phi) is 5.15. The van der Waals surface area contributed by atoms with Crippen molar-refractivity contribution in [2.24, 2.45) is 11.8 Å². The van der Waals surface area contributed by atoms with Crippen LogP contribution in [0.3, 0.4) is 0 Å². The first-order valence-electron chi connectivity index (χ1n) is 7.57. The molecule has 0 saturated heterocycles. The smallest absolute Gasteiger partial charge is 0.00668 e. The summed E-state index contributed by atoms with van der Waals surface area (Å²) in [6, 6.07) is 0.816. The summed E-state index contributed by atoms with van der Waals surface area (Å²) >= 11 is 0. The van der Waals surface area contributed by atoms with Crippen LogP contribution in [0.1, 0.15) is 70.6 Å². The number of rotatable bonds is 2. The normalized spacial score (nSPS) is 34.3. The fourth-order valence-corrected chi connectivity index (χ4v) is 3.87. The molecule has 1 heteroatoms. The SMILES string of the molecule is CNC1CCCCC(C2CCCCCC2)C1. The molecule has 16 heavy (non-hydrogen) atoms. The molecule has 0 aromatic rings. The predicted molar refractivity (Wildman–Crippen MR) is 70.6 cm³/mol. The molecule has 94 valence electrons. The van der Waals surface area contributed by atoms with Gasteiger partial charge in [-0.25, -0.2) is 0 Å². The van der Waals surface area contributed by atoms with Crippen LogP contribution in [0, 0.1) is 11.8 Å². The largest absolute Gasteiger partial charge is 0.317 e. The Morgan fingerprint density at radius 3 is 1.94 bits per heavy atom. The van der Waals surface area contributed by atoms with Crippen molar-refractivity contribution in [2.45, 2.75) is 76.7 Å². The second-order valence-corrected chi connectivity index (χ2v) is 6.02. The van der Waals surface area contributed by atoms with Crippen molar-refractivity contribution in [3.8, 4) is 0 Å². The molecular weight excluding hydrogens is 194 g/mol. The van der Waals surface area contributed by atoms with Crippen LogP contribution in [0.2, 0.25) is 0 Å². The third-order valence-corrected chi connectivity index (χ3v) is 4.94. The van der Waals surface area contributed by atoms with Crippen LogP contribution in [0.5, 0.6) is 0 Å². The number of hydrogen-bond acceptors (Lipinski definition) is 1. The second-order valence-electron chi connectivity index (χ2n) is 6.02. The zero-order valence-corrected chi connectivity index (χ0v) is 11.0. The minimum Gasteiger partial charge on any atom is -0.317 e. The first-order chi connectivity index (χ1) is 7.90. The Labute approximate surface area is 101 Å². The lowest BCUT2D eigenvalue weighted by molar-refractivity contribution is 0.253. The average molecular weight is 223 g/mol. The van der Waals surface area contributed by atoms with E-state index in [9.17, 15) is 0 Å². The van der Waals surface area contributed by atoms with Gasteiger partial charge in [0.2, 0.25) is 0 Å². The summed E-state index contributed by atoms with van der Waals surface area (Å²) in [6.07, 6.45) is 16.4. The van der Waals surface area contributed by atoms with Crippen LogP contribution in [-0.2, 0) is 0 Å². The highest BCUT2D eigenvalue weighted by atomic mass is 14.9. The van der Waals surface area contributed by atoms with Gasteiger partial charge in [-0.15, -0.1) is 0 Å². The van der Waals surface area contributed by atoms with Gasteiger partial charge >= 0.3 is 0 Å². The van der Waals surface area contributed by atoms with E-state index in [2.05, 4.69) is 12.4 Å². The van der Waals surface area contributed by atoms with Gasteiger partial charge in [-0.2, -0.15) is 0 Å².